The summed E-state index contributed by atoms with van der Waals surface area (Å²) < 4.78 is 28.7. The number of allylic oxidation sites excluding steroid dienone is 8. The summed E-state index contributed by atoms with van der Waals surface area (Å²) in [5, 5.41) is 33.5. The standard InChI is InChI=1S/C74H95FN4O11/c1-39(2)63(78-67(85)58-22-16-32-79(58)68(86)42(5)76-66(84)41(4)77-70(88)89-38-52-48-20-12-10-18-46(48)47-19-11-13-21-49(47)52)69(87)90-60(34-44-24-26-53-50-25-23-43-17-14-15-29-71(43,6)54(50)28-31-72(44,53)7)64(82)65(83)61-40(3)33-55-51-36-57(75)56-35-45(80)27-30-73(56,8)62(51)59(81)37-74(55,61)9/h10-13,15,17-21,27,29-30,35,39-42,44,50-55,57-64,81-82H,14,16,22-26,28,31-34,36-38H2,1-9H3,(H,76,84)(H,77,88)(H,78,85)/t40-,41+,42+,44-,50+,51+,53+,54+,55+,57+,58+,59+,60?,61-,62-,63+,64?,71+,72-,73+,74+/m1/s1. The Morgan fingerprint density at radius 3 is 2.22 bits per heavy atom. The number of alkyl carbamates (subject to hydrolysis) is 1. The van der Waals surface area contributed by atoms with E-state index in [0.717, 1.165) is 67.2 Å². The van der Waals surface area contributed by atoms with Gasteiger partial charge < -0.3 is 40.5 Å². The van der Waals surface area contributed by atoms with E-state index in [1.54, 1.807) is 25.5 Å². The molecule has 2 aromatic rings. The number of hydrogen-bond donors (Lipinski definition) is 5. The number of aliphatic hydroxyl groups excluding tert-OH is 2. The maximum atomic E-state index is 16.5. The first-order chi connectivity index (χ1) is 42.8. The second kappa shape index (κ2) is 24.3. The molecule has 1 heterocycles. The number of fused-ring (bicyclic) bond motifs is 13. The molecule has 2 unspecified atom stereocenters. The number of nitrogens with zero attached hydrogens (tertiary/aromatic N) is 1. The van der Waals surface area contributed by atoms with Crippen LogP contribution < -0.4 is 16.0 Å². The largest absolute Gasteiger partial charge is 0.458 e. The monoisotopic (exact) mass is 1230 g/mol. The van der Waals surface area contributed by atoms with Gasteiger partial charge in [0.05, 0.1) is 6.10 Å². The highest BCUT2D eigenvalue weighted by atomic mass is 19.1. The number of hydrogen-bond acceptors (Lipinski definition) is 11. The quantitative estimate of drug-likeness (QED) is 0.0787. The minimum Gasteiger partial charge on any atom is -0.458 e. The molecule has 6 saturated carbocycles. The van der Waals surface area contributed by atoms with Crippen molar-refractivity contribution >= 4 is 41.4 Å². The first kappa shape index (κ1) is 63.9. The summed E-state index contributed by atoms with van der Waals surface area (Å²) in [4.78, 5) is 100. The lowest BCUT2D eigenvalue weighted by Gasteiger charge is -2.59. The number of benzene rings is 2. The molecule has 12 rings (SSSR count). The lowest BCUT2D eigenvalue weighted by molar-refractivity contribution is -0.169. The van der Waals surface area contributed by atoms with Crippen LogP contribution in [0.3, 0.4) is 0 Å². The molecule has 2 aromatic carbocycles. The van der Waals surface area contributed by atoms with Gasteiger partial charge in [-0.2, -0.15) is 0 Å². The Morgan fingerprint density at radius 1 is 0.800 bits per heavy atom. The molecule has 0 bridgehead atoms. The molecule has 484 valence electrons. The molecule has 9 aliphatic carbocycles. The number of amides is 4. The Balaban J connectivity index is 0.732. The number of rotatable bonds is 16. The summed E-state index contributed by atoms with van der Waals surface area (Å²) >= 11 is 0. The highest BCUT2D eigenvalue weighted by Crippen LogP contribution is 2.69. The topological polar surface area (TPSA) is 218 Å². The van der Waals surface area contributed by atoms with Crippen molar-refractivity contribution in [3.63, 3.8) is 0 Å². The molecule has 90 heavy (non-hydrogen) atoms. The van der Waals surface area contributed by atoms with E-state index in [2.05, 4.69) is 48.0 Å². The lowest BCUT2D eigenvalue weighted by atomic mass is 9.46. The predicted molar refractivity (Wildman–Crippen MR) is 338 cm³/mol. The molecule has 4 amide bonds. The third-order valence-corrected chi connectivity index (χ3v) is 25.2. The Bertz CT molecular complexity index is 3290. The minimum atomic E-state index is -1.75. The number of nitrogens with one attached hydrogen (secondary N) is 3. The number of aliphatic hydroxyl groups is 2. The van der Waals surface area contributed by atoms with Gasteiger partial charge in [-0.1, -0.05) is 127 Å². The molecule has 5 N–H and O–H groups in total. The van der Waals surface area contributed by atoms with E-state index in [1.807, 2.05) is 69.3 Å². The summed E-state index contributed by atoms with van der Waals surface area (Å²) in [6.07, 6.45) is 14.6. The van der Waals surface area contributed by atoms with Gasteiger partial charge in [0.1, 0.15) is 49.2 Å². The summed E-state index contributed by atoms with van der Waals surface area (Å²) in [5.41, 5.74) is 4.35. The summed E-state index contributed by atoms with van der Waals surface area (Å²) in [5.74, 6) is -4.43. The molecular formula is C74H95FN4O11. The van der Waals surface area contributed by atoms with Crippen molar-refractivity contribution in [3.8, 4) is 11.1 Å². The number of alkyl halides is 1. The normalized spacial score (nSPS) is 36.9. The van der Waals surface area contributed by atoms with Crippen molar-refractivity contribution < 1.29 is 57.6 Å². The van der Waals surface area contributed by atoms with Crippen LogP contribution in [0.4, 0.5) is 9.18 Å². The Hall–Kier alpha value is -6.26. The maximum absolute atomic E-state index is 16.5. The number of esters is 1. The molecule has 0 aromatic heterocycles. The Morgan fingerprint density at radius 2 is 1.51 bits per heavy atom. The van der Waals surface area contributed by atoms with E-state index in [1.165, 1.54) is 30.9 Å². The zero-order valence-corrected chi connectivity index (χ0v) is 54.1. The van der Waals surface area contributed by atoms with E-state index in [4.69, 9.17) is 9.47 Å². The van der Waals surface area contributed by atoms with Crippen LogP contribution in [0.2, 0.25) is 0 Å². The van der Waals surface area contributed by atoms with Gasteiger partial charge in [-0.25, -0.2) is 14.0 Å². The fraction of sp³-hybridized carbons (Fsp3) is 0.635. The van der Waals surface area contributed by atoms with Crippen molar-refractivity contribution in [2.24, 2.45) is 80.8 Å². The molecule has 15 nitrogen and oxygen atoms in total. The zero-order valence-electron chi connectivity index (χ0n) is 54.1. The second-order valence-electron chi connectivity index (χ2n) is 30.4. The van der Waals surface area contributed by atoms with Crippen molar-refractivity contribution in [1.29, 1.82) is 0 Å². The van der Waals surface area contributed by atoms with Gasteiger partial charge in [0, 0.05) is 35.1 Å². The number of likely N-dealkylation sites (tertiary alicyclic amines) is 1. The Labute approximate surface area is 530 Å². The minimum absolute atomic E-state index is 0.00147. The third-order valence-electron chi connectivity index (χ3n) is 25.2. The lowest BCUT2D eigenvalue weighted by Crippen LogP contribution is -2.59. The van der Waals surface area contributed by atoms with Gasteiger partial charge in [0.25, 0.3) is 0 Å². The number of Topliss-reactive ketones (excluding diaryl/α,β-unsaturated/α-hetero) is 1. The highest BCUT2D eigenvalue weighted by Gasteiger charge is 2.67. The molecule has 16 heteroatoms. The summed E-state index contributed by atoms with van der Waals surface area (Å²) in [7, 11) is 0. The van der Waals surface area contributed by atoms with E-state index in [0.29, 0.717) is 42.6 Å². The highest BCUT2D eigenvalue weighted by molar-refractivity contribution is 6.01. The van der Waals surface area contributed by atoms with E-state index in [9.17, 15) is 34.2 Å². The van der Waals surface area contributed by atoms with Crippen LogP contribution in [0, 0.1) is 80.8 Å². The molecule has 1 aliphatic heterocycles. The second-order valence-corrected chi connectivity index (χ2v) is 30.4. The van der Waals surface area contributed by atoms with Gasteiger partial charge in [0.15, 0.2) is 11.6 Å². The van der Waals surface area contributed by atoms with Gasteiger partial charge in [-0.15, -0.1) is 0 Å². The number of carbonyl (C=O) groups is 7. The van der Waals surface area contributed by atoms with Gasteiger partial charge >= 0.3 is 12.1 Å². The molecule has 0 radical (unpaired) electrons. The molecule has 1 saturated heterocycles. The smallest absolute Gasteiger partial charge is 0.407 e. The van der Waals surface area contributed by atoms with Crippen LogP contribution in [-0.2, 0) is 38.2 Å². The Kier molecular flexibility index (Phi) is 17.3. The summed E-state index contributed by atoms with van der Waals surface area (Å²) in [6, 6.07) is 11.6. The zero-order chi connectivity index (χ0) is 64.1. The van der Waals surface area contributed by atoms with Gasteiger partial charge in [-0.05, 0) is 195 Å². The van der Waals surface area contributed by atoms with Crippen LogP contribution in [0.5, 0.6) is 0 Å². The van der Waals surface area contributed by atoms with Crippen molar-refractivity contribution in [3.05, 3.63) is 107 Å². The molecule has 21 atom stereocenters. The average Bonchev–Trinajstić information content (AvgIpc) is 1.28. The van der Waals surface area contributed by atoms with Crippen LogP contribution in [0.1, 0.15) is 163 Å². The van der Waals surface area contributed by atoms with Crippen molar-refractivity contribution in [1.82, 2.24) is 20.9 Å². The van der Waals surface area contributed by atoms with E-state index in [-0.39, 0.29) is 84.5 Å². The molecule has 10 aliphatic rings. The average molecular weight is 1240 g/mol. The van der Waals surface area contributed by atoms with Gasteiger partial charge in [-0.3, -0.25) is 24.0 Å². The third kappa shape index (κ3) is 10.8. The van der Waals surface area contributed by atoms with Crippen LogP contribution in [0.25, 0.3) is 11.1 Å². The first-order valence-corrected chi connectivity index (χ1v) is 33.9. The fourth-order valence-electron chi connectivity index (χ4n) is 20.8. The number of ether oxygens (including phenoxy) is 2. The summed E-state index contributed by atoms with van der Waals surface area (Å²) in [6.45, 7) is 17.5. The molecule has 7 fully saturated rings. The number of halogens is 1. The number of ketones is 2. The fourth-order valence-corrected chi connectivity index (χ4v) is 20.8. The van der Waals surface area contributed by atoms with Crippen LogP contribution >= 0.6 is 0 Å². The maximum Gasteiger partial charge on any atom is 0.407 e. The molecular weight excluding hydrogens is 1140 g/mol. The van der Waals surface area contributed by atoms with Crippen molar-refractivity contribution in [2.45, 2.75) is 200 Å². The van der Waals surface area contributed by atoms with E-state index >= 15 is 14.0 Å². The molecule has 0 spiro atoms. The number of carbonyl (C=O) groups excluding carboxylic acids is 7. The SMILES string of the molecule is CC(C)[C@H](NC(=O)[C@@H]1CCCN1C(=O)[C@H](C)NC(=O)[C@H](C)NC(=O)OCC1c2ccccc2-c2ccccc21)C(=O)OC(C[C@H]1CC[C@H]2[C@@H]3CCC4=CCC=C[C@]4(C)[C@H]3CC[C@]12C)C(O)C(=O)[C@H]1[C@H](C)C[C@H]2[C@@H]3C[C@H](F)C4=CC(=O)C=C[C@]4(C)[C@H]3[C@@H](O)C[C@@]21C. The van der Waals surface area contributed by atoms with E-state index < -0.39 is 107 Å². The van der Waals surface area contributed by atoms with Crippen molar-refractivity contribution in [2.75, 3.05) is 13.2 Å². The first-order valence-electron chi connectivity index (χ1n) is 33.9. The van der Waals surface area contributed by atoms with Gasteiger partial charge in [0.2, 0.25) is 17.7 Å². The van der Waals surface area contributed by atoms with Crippen LogP contribution in [-0.4, -0.2) is 118 Å². The van der Waals surface area contributed by atoms with Crippen LogP contribution in [0.15, 0.2) is 96.1 Å². The predicted octanol–water partition coefficient (Wildman–Crippen LogP) is 10.6.